The Hall–Kier alpha value is -3.23. The molecule has 4 heterocycles. The van der Waals surface area contributed by atoms with Gasteiger partial charge in [-0.25, -0.2) is 9.97 Å². The number of H-pyrrole nitrogens is 1. The van der Waals surface area contributed by atoms with E-state index in [-0.39, 0.29) is 0 Å². The molecule has 3 N–H and O–H groups in total. The Labute approximate surface area is 219 Å². The summed E-state index contributed by atoms with van der Waals surface area (Å²) in [4.78, 5) is 24.9. The molecule has 1 aromatic carbocycles. The standard InChI is InChI=1S/C20H17N5OS.C4H11N.2C2H6/c26-12-25-7-4-13(5-8-25)18-10-15-16(3-6-21-20(15)24-18)23-14-1-2-17-19(9-14)27-11-22-17;1-3-4-5-2;2*1-2/h1-4,6,9-12H,5,7-8H2,(H2,21,23,24);5H,3-4H2,1-2H3;2*1-2H3. The molecule has 1 aliphatic heterocycles. The lowest BCUT2D eigenvalue weighted by molar-refractivity contribution is -0.117. The molecule has 0 saturated carbocycles. The summed E-state index contributed by atoms with van der Waals surface area (Å²) in [5.41, 5.74) is 8.06. The first-order chi connectivity index (χ1) is 17.7. The number of nitrogens with one attached hydrogen (secondary N) is 3. The summed E-state index contributed by atoms with van der Waals surface area (Å²) in [5, 5.41) is 7.58. The van der Waals surface area contributed by atoms with Crippen LogP contribution in [-0.2, 0) is 4.79 Å². The molecule has 0 aliphatic carbocycles. The second-order valence-corrected chi connectivity index (χ2v) is 8.53. The van der Waals surface area contributed by atoms with Crippen LogP contribution < -0.4 is 10.6 Å². The summed E-state index contributed by atoms with van der Waals surface area (Å²) in [6, 6.07) is 10.3. The third kappa shape index (κ3) is 7.63. The minimum atomic E-state index is 0.654. The molecule has 7 nitrogen and oxygen atoms in total. The van der Waals surface area contributed by atoms with Crippen LogP contribution in [0.2, 0.25) is 0 Å². The molecule has 0 fully saturated rings. The number of rotatable bonds is 6. The number of fused-ring (bicyclic) bond motifs is 2. The van der Waals surface area contributed by atoms with Crippen LogP contribution in [0.3, 0.4) is 0 Å². The topological polar surface area (TPSA) is 85.9 Å². The number of anilines is 2. The van der Waals surface area contributed by atoms with Crippen molar-refractivity contribution in [2.24, 2.45) is 0 Å². The highest BCUT2D eigenvalue weighted by Gasteiger charge is 2.15. The minimum Gasteiger partial charge on any atom is -0.355 e. The first-order valence-electron chi connectivity index (χ1n) is 12.8. The number of aromatic nitrogens is 3. The monoisotopic (exact) mass is 508 g/mol. The van der Waals surface area contributed by atoms with Gasteiger partial charge in [-0.15, -0.1) is 11.3 Å². The largest absolute Gasteiger partial charge is 0.355 e. The summed E-state index contributed by atoms with van der Waals surface area (Å²) in [7, 11) is 1.96. The van der Waals surface area contributed by atoms with E-state index in [9.17, 15) is 4.79 Å². The van der Waals surface area contributed by atoms with Crippen LogP contribution in [0.15, 0.2) is 48.1 Å². The van der Waals surface area contributed by atoms with Crippen molar-refractivity contribution < 1.29 is 4.79 Å². The maximum atomic E-state index is 10.9. The van der Waals surface area contributed by atoms with Gasteiger partial charge in [0.05, 0.1) is 21.4 Å². The van der Waals surface area contributed by atoms with E-state index in [1.165, 1.54) is 12.0 Å². The number of carbonyl (C=O) groups is 1. The lowest BCUT2D eigenvalue weighted by Gasteiger charge is -2.21. The fraction of sp³-hybridized carbons (Fsp3) is 0.393. The van der Waals surface area contributed by atoms with Crippen LogP contribution in [0, 0.1) is 0 Å². The van der Waals surface area contributed by atoms with Crippen molar-refractivity contribution >= 4 is 55.9 Å². The molecule has 0 bridgehead atoms. The van der Waals surface area contributed by atoms with Crippen LogP contribution >= 0.6 is 11.3 Å². The van der Waals surface area contributed by atoms with E-state index in [1.54, 1.807) is 22.4 Å². The van der Waals surface area contributed by atoms with Crippen molar-refractivity contribution in [1.82, 2.24) is 25.2 Å². The Balaban J connectivity index is 0.000000448. The molecule has 0 unspecified atom stereocenters. The molecule has 0 saturated heterocycles. The van der Waals surface area contributed by atoms with Crippen molar-refractivity contribution in [2.45, 2.75) is 47.5 Å². The fourth-order valence-electron chi connectivity index (χ4n) is 3.67. The van der Waals surface area contributed by atoms with Gasteiger partial charge in [0.25, 0.3) is 0 Å². The lowest BCUT2D eigenvalue weighted by Crippen LogP contribution is -2.26. The number of hydrogen-bond donors (Lipinski definition) is 3. The molecule has 0 atom stereocenters. The smallest absolute Gasteiger partial charge is 0.209 e. The SMILES string of the molecule is CC.CC.CCCNC.O=CN1CC=C(c2cc3c(Nc4ccc5ncsc5c4)ccnc3[nH]2)CC1. The molecule has 5 rings (SSSR count). The summed E-state index contributed by atoms with van der Waals surface area (Å²) in [6.45, 7) is 12.7. The van der Waals surface area contributed by atoms with Gasteiger partial charge in [-0.2, -0.15) is 0 Å². The summed E-state index contributed by atoms with van der Waals surface area (Å²) < 4.78 is 1.16. The van der Waals surface area contributed by atoms with Crippen molar-refractivity contribution in [3.63, 3.8) is 0 Å². The second kappa shape index (κ2) is 15.7. The van der Waals surface area contributed by atoms with Gasteiger partial charge >= 0.3 is 0 Å². The summed E-state index contributed by atoms with van der Waals surface area (Å²) in [6.07, 6.45) is 6.89. The number of benzene rings is 1. The average Bonchev–Trinajstić information content (AvgIpc) is 3.59. The highest BCUT2D eigenvalue weighted by atomic mass is 32.1. The van der Waals surface area contributed by atoms with Gasteiger partial charge in [0.1, 0.15) is 5.65 Å². The van der Waals surface area contributed by atoms with E-state index < -0.39 is 0 Å². The third-order valence-corrected chi connectivity index (χ3v) is 6.17. The maximum Gasteiger partial charge on any atom is 0.209 e. The maximum absolute atomic E-state index is 10.9. The number of hydrogen-bond acceptors (Lipinski definition) is 6. The summed E-state index contributed by atoms with van der Waals surface area (Å²) in [5.74, 6) is 0. The van der Waals surface area contributed by atoms with Gasteiger partial charge in [-0.3, -0.25) is 4.79 Å². The molecule has 3 aromatic heterocycles. The zero-order valence-corrected chi connectivity index (χ0v) is 23.2. The highest BCUT2D eigenvalue weighted by Crippen LogP contribution is 2.31. The molecule has 4 aromatic rings. The minimum absolute atomic E-state index is 0.654. The van der Waals surface area contributed by atoms with Crippen molar-refractivity contribution in [2.75, 3.05) is 32.0 Å². The zero-order chi connectivity index (χ0) is 26.3. The molecule has 1 amide bonds. The normalized spacial score (nSPS) is 12.4. The number of amides is 1. The molecular formula is C28H40N6OS. The van der Waals surface area contributed by atoms with Gasteiger partial charge in [-0.05, 0) is 62.3 Å². The second-order valence-electron chi connectivity index (χ2n) is 7.65. The van der Waals surface area contributed by atoms with Gasteiger partial charge in [0.15, 0.2) is 0 Å². The molecule has 36 heavy (non-hydrogen) atoms. The van der Waals surface area contributed by atoms with E-state index in [4.69, 9.17) is 0 Å². The Morgan fingerprint density at radius 3 is 2.58 bits per heavy atom. The van der Waals surface area contributed by atoms with Crippen molar-refractivity contribution in [1.29, 1.82) is 0 Å². The molecule has 194 valence electrons. The number of nitrogens with zero attached hydrogens (tertiary/aromatic N) is 3. The third-order valence-electron chi connectivity index (χ3n) is 5.38. The Kier molecular flexibility index (Phi) is 12.6. The molecule has 8 heteroatoms. The molecule has 0 radical (unpaired) electrons. The lowest BCUT2D eigenvalue weighted by atomic mass is 10.1. The summed E-state index contributed by atoms with van der Waals surface area (Å²) >= 11 is 1.63. The number of aromatic amines is 1. The van der Waals surface area contributed by atoms with Crippen molar-refractivity contribution in [3.8, 4) is 0 Å². The van der Waals surface area contributed by atoms with E-state index in [1.807, 2.05) is 58.5 Å². The predicted molar refractivity (Wildman–Crippen MR) is 156 cm³/mol. The zero-order valence-electron chi connectivity index (χ0n) is 22.4. The van der Waals surface area contributed by atoms with Crippen LogP contribution in [0.4, 0.5) is 11.4 Å². The van der Waals surface area contributed by atoms with Gasteiger partial charge in [0.2, 0.25) is 6.41 Å². The highest BCUT2D eigenvalue weighted by molar-refractivity contribution is 7.16. The molecular weight excluding hydrogens is 468 g/mol. The van der Waals surface area contributed by atoms with E-state index in [0.29, 0.717) is 6.54 Å². The van der Waals surface area contributed by atoms with Gasteiger partial charge in [-0.1, -0.05) is 40.7 Å². The quantitative estimate of drug-likeness (QED) is 0.249. The first kappa shape index (κ1) is 29.0. The number of pyridine rings is 1. The predicted octanol–water partition coefficient (Wildman–Crippen LogP) is 6.83. The molecule has 1 aliphatic rings. The van der Waals surface area contributed by atoms with Gasteiger partial charge < -0.3 is 20.5 Å². The number of thiazole rings is 1. The fourth-order valence-corrected chi connectivity index (χ4v) is 4.39. The van der Waals surface area contributed by atoms with Crippen LogP contribution in [0.1, 0.15) is 53.2 Å². The van der Waals surface area contributed by atoms with Crippen LogP contribution in [-0.4, -0.2) is 52.9 Å². The van der Waals surface area contributed by atoms with E-state index >= 15 is 0 Å². The Bertz CT molecular complexity index is 1230. The van der Waals surface area contributed by atoms with Gasteiger partial charge in [0, 0.05) is 36.1 Å². The Morgan fingerprint density at radius 1 is 1.14 bits per heavy atom. The average molecular weight is 509 g/mol. The van der Waals surface area contributed by atoms with Crippen LogP contribution in [0.5, 0.6) is 0 Å². The first-order valence-corrected chi connectivity index (χ1v) is 13.7. The van der Waals surface area contributed by atoms with E-state index in [2.05, 4.69) is 50.7 Å². The number of carbonyl (C=O) groups excluding carboxylic acids is 1. The van der Waals surface area contributed by atoms with E-state index in [0.717, 1.165) is 64.2 Å². The molecule has 0 spiro atoms. The Morgan fingerprint density at radius 2 is 1.94 bits per heavy atom. The van der Waals surface area contributed by atoms with Crippen LogP contribution in [0.25, 0.3) is 26.8 Å². The van der Waals surface area contributed by atoms with Crippen molar-refractivity contribution in [3.05, 3.63) is 53.8 Å².